The van der Waals surface area contributed by atoms with Gasteiger partial charge in [-0.2, -0.15) is 0 Å². The van der Waals surface area contributed by atoms with Crippen LogP contribution in [0.2, 0.25) is 0 Å². The van der Waals surface area contributed by atoms with E-state index in [0.29, 0.717) is 19.8 Å². The van der Waals surface area contributed by atoms with Gasteiger partial charge in [-0.05, 0) is 13.3 Å². The monoisotopic (exact) mass is 220 g/mol. The second-order valence-corrected chi connectivity index (χ2v) is 2.96. The van der Waals surface area contributed by atoms with Crippen LogP contribution in [0.5, 0.6) is 0 Å². The number of unbranched alkanes of at least 4 members (excludes halogenated alkanes) is 1. The molecule has 0 aromatic rings. The molecule has 0 aliphatic rings. The second-order valence-electron chi connectivity index (χ2n) is 2.96. The van der Waals surface area contributed by atoms with Gasteiger partial charge in [0.2, 0.25) is 0 Å². The Balaban J connectivity index is 3.59. The van der Waals surface area contributed by atoms with Crippen molar-refractivity contribution >= 4 is 5.97 Å². The lowest BCUT2D eigenvalue weighted by Gasteiger charge is -2.14. The van der Waals surface area contributed by atoms with Crippen LogP contribution in [0.15, 0.2) is 0 Å². The Kier molecular flexibility index (Phi) is 9.46. The molecular formula is C10H20O5. The number of hydrogen-bond donors (Lipinski definition) is 1. The third-order valence-corrected chi connectivity index (χ3v) is 1.67. The molecule has 15 heavy (non-hydrogen) atoms. The summed E-state index contributed by atoms with van der Waals surface area (Å²) in [6, 6.07) is 0. The van der Waals surface area contributed by atoms with E-state index in [0.717, 1.165) is 12.8 Å². The molecule has 0 aliphatic heterocycles. The summed E-state index contributed by atoms with van der Waals surface area (Å²) in [6.07, 6.45) is 0.626. The Morgan fingerprint density at radius 1 is 1.20 bits per heavy atom. The number of carboxylic acids is 1. The van der Waals surface area contributed by atoms with Gasteiger partial charge in [-0.1, -0.05) is 13.3 Å². The zero-order chi connectivity index (χ0) is 11.5. The standard InChI is InChI=1S/C10H20O5/c1-3-5-6-14-10(9(11)12)15-8-7-13-4-2/h10H,3-8H2,1-2H3,(H,11,12). The molecule has 0 radical (unpaired) electrons. The SMILES string of the molecule is CCCCOC(OCCOCC)C(=O)O. The third-order valence-electron chi connectivity index (χ3n) is 1.67. The van der Waals surface area contributed by atoms with Crippen LogP contribution in [-0.4, -0.2) is 43.8 Å². The maximum absolute atomic E-state index is 10.7. The highest BCUT2D eigenvalue weighted by atomic mass is 16.7. The highest BCUT2D eigenvalue weighted by Gasteiger charge is 2.17. The van der Waals surface area contributed by atoms with Crippen molar-refractivity contribution in [3.8, 4) is 0 Å². The van der Waals surface area contributed by atoms with E-state index in [-0.39, 0.29) is 6.61 Å². The lowest BCUT2D eigenvalue weighted by molar-refractivity contribution is -0.192. The third kappa shape index (κ3) is 8.35. The summed E-state index contributed by atoms with van der Waals surface area (Å²) in [6.45, 7) is 5.50. The highest BCUT2D eigenvalue weighted by Crippen LogP contribution is 1.98. The molecular weight excluding hydrogens is 200 g/mol. The predicted octanol–water partition coefficient (Wildman–Crippen LogP) is 1.27. The molecule has 0 aliphatic carbocycles. The van der Waals surface area contributed by atoms with E-state index < -0.39 is 12.3 Å². The maximum atomic E-state index is 10.7. The van der Waals surface area contributed by atoms with E-state index in [1.54, 1.807) is 0 Å². The van der Waals surface area contributed by atoms with Gasteiger partial charge in [0.15, 0.2) is 0 Å². The topological polar surface area (TPSA) is 65.0 Å². The molecule has 5 nitrogen and oxygen atoms in total. The van der Waals surface area contributed by atoms with Crippen LogP contribution in [0.4, 0.5) is 0 Å². The smallest absolute Gasteiger partial charge is 0.361 e. The van der Waals surface area contributed by atoms with Crippen molar-refractivity contribution in [1.82, 2.24) is 0 Å². The van der Waals surface area contributed by atoms with Gasteiger partial charge in [0, 0.05) is 6.61 Å². The van der Waals surface area contributed by atoms with Gasteiger partial charge in [-0.3, -0.25) is 0 Å². The summed E-state index contributed by atoms with van der Waals surface area (Å²) in [5.74, 6) is -1.09. The Hall–Kier alpha value is -0.650. The van der Waals surface area contributed by atoms with E-state index >= 15 is 0 Å². The van der Waals surface area contributed by atoms with Crippen molar-refractivity contribution in [2.45, 2.75) is 33.0 Å². The summed E-state index contributed by atoms with van der Waals surface area (Å²) in [5.41, 5.74) is 0. The first-order valence-corrected chi connectivity index (χ1v) is 5.26. The van der Waals surface area contributed by atoms with E-state index in [1.165, 1.54) is 0 Å². The van der Waals surface area contributed by atoms with Crippen LogP contribution in [0.3, 0.4) is 0 Å². The van der Waals surface area contributed by atoms with Crippen LogP contribution < -0.4 is 0 Å². The van der Waals surface area contributed by atoms with Crippen LogP contribution in [0, 0.1) is 0 Å². The molecule has 0 bridgehead atoms. The summed E-state index contributed by atoms with van der Waals surface area (Å²) in [5, 5.41) is 8.74. The predicted molar refractivity (Wildman–Crippen MR) is 54.7 cm³/mol. The van der Waals surface area contributed by atoms with Crippen molar-refractivity contribution in [3.63, 3.8) is 0 Å². The van der Waals surface area contributed by atoms with Crippen molar-refractivity contribution in [2.75, 3.05) is 26.4 Å². The molecule has 90 valence electrons. The number of hydrogen-bond acceptors (Lipinski definition) is 4. The van der Waals surface area contributed by atoms with Gasteiger partial charge >= 0.3 is 5.97 Å². The van der Waals surface area contributed by atoms with Gasteiger partial charge in [-0.15, -0.1) is 0 Å². The Labute approximate surface area is 90.3 Å². The first-order chi connectivity index (χ1) is 7.22. The number of carbonyl (C=O) groups is 1. The summed E-state index contributed by atoms with van der Waals surface area (Å²) >= 11 is 0. The van der Waals surface area contributed by atoms with E-state index in [2.05, 4.69) is 0 Å². The molecule has 0 amide bonds. The molecule has 0 fully saturated rings. The number of rotatable bonds is 10. The van der Waals surface area contributed by atoms with Crippen LogP contribution in [0.1, 0.15) is 26.7 Å². The molecule has 0 saturated heterocycles. The first kappa shape index (κ1) is 14.3. The molecule has 5 heteroatoms. The average molecular weight is 220 g/mol. The van der Waals surface area contributed by atoms with Crippen LogP contribution in [0.25, 0.3) is 0 Å². The van der Waals surface area contributed by atoms with Gasteiger partial charge in [0.1, 0.15) is 0 Å². The molecule has 0 rings (SSSR count). The van der Waals surface area contributed by atoms with Gasteiger partial charge < -0.3 is 19.3 Å². The molecule has 1 unspecified atom stereocenters. The Morgan fingerprint density at radius 3 is 2.40 bits per heavy atom. The van der Waals surface area contributed by atoms with E-state index in [1.807, 2.05) is 13.8 Å². The summed E-state index contributed by atoms with van der Waals surface area (Å²) in [7, 11) is 0. The zero-order valence-electron chi connectivity index (χ0n) is 9.40. The molecule has 1 N–H and O–H groups in total. The number of aliphatic carboxylic acids is 1. The highest BCUT2D eigenvalue weighted by molar-refractivity contribution is 5.70. The average Bonchev–Trinajstić information content (AvgIpc) is 2.21. The quantitative estimate of drug-likeness (QED) is 0.443. The van der Waals surface area contributed by atoms with Crippen LogP contribution >= 0.6 is 0 Å². The normalized spacial score (nSPS) is 12.7. The Morgan fingerprint density at radius 2 is 1.87 bits per heavy atom. The number of ether oxygens (including phenoxy) is 3. The fraction of sp³-hybridized carbons (Fsp3) is 0.900. The van der Waals surface area contributed by atoms with Gasteiger partial charge in [0.05, 0.1) is 19.8 Å². The fourth-order valence-corrected chi connectivity index (χ4v) is 0.884. The molecule has 0 spiro atoms. The lowest BCUT2D eigenvalue weighted by Crippen LogP contribution is -2.29. The van der Waals surface area contributed by atoms with E-state index in [9.17, 15) is 4.79 Å². The van der Waals surface area contributed by atoms with Crippen molar-refractivity contribution in [3.05, 3.63) is 0 Å². The fourth-order valence-electron chi connectivity index (χ4n) is 0.884. The maximum Gasteiger partial charge on any atom is 0.361 e. The Bertz CT molecular complexity index is 160. The molecule has 0 saturated carbocycles. The summed E-state index contributed by atoms with van der Waals surface area (Å²) < 4.78 is 15.1. The van der Waals surface area contributed by atoms with Gasteiger partial charge in [-0.25, -0.2) is 4.79 Å². The van der Waals surface area contributed by atoms with Crippen molar-refractivity contribution < 1.29 is 24.1 Å². The molecule has 0 aromatic carbocycles. The second kappa shape index (κ2) is 9.89. The van der Waals surface area contributed by atoms with Crippen molar-refractivity contribution in [2.24, 2.45) is 0 Å². The molecule has 0 aromatic heterocycles. The summed E-state index contributed by atoms with van der Waals surface area (Å²) in [4.78, 5) is 10.7. The minimum atomic E-state index is -1.17. The molecule has 1 atom stereocenters. The number of carboxylic acid groups (broad SMARTS) is 1. The minimum Gasteiger partial charge on any atom is -0.477 e. The van der Waals surface area contributed by atoms with Crippen molar-refractivity contribution in [1.29, 1.82) is 0 Å². The largest absolute Gasteiger partial charge is 0.477 e. The minimum absolute atomic E-state index is 0.233. The lowest BCUT2D eigenvalue weighted by atomic mass is 10.4. The zero-order valence-corrected chi connectivity index (χ0v) is 9.40. The van der Waals surface area contributed by atoms with Crippen LogP contribution in [-0.2, 0) is 19.0 Å². The van der Waals surface area contributed by atoms with Gasteiger partial charge in [0.25, 0.3) is 6.29 Å². The molecule has 0 heterocycles. The first-order valence-electron chi connectivity index (χ1n) is 5.26. The van der Waals surface area contributed by atoms with E-state index in [4.69, 9.17) is 19.3 Å².